The van der Waals surface area contributed by atoms with E-state index < -0.39 is 39.5 Å². The number of piperidine rings is 1. The number of ketones is 1. The minimum Gasteiger partial charge on any atom is -0.481 e. The highest BCUT2D eigenvalue weighted by molar-refractivity contribution is 7.92. The summed E-state index contributed by atoms with van der Waals surface area (Å²) in [6.45, 7) is 2.26. The molecule has 1 N–H and O–H groups in total. The van der Waals surface area contributed by atoms with Crippen LogP contribution in [0.25, 0.3) is 16.7 Å². The Morgan fingerprint density at radius 1 is 1.10 bits per heavy atom. The number of carboxylic acid groups (broad SMARTS) is 1. The van der Waals surface area contributed by atoms with Crippen LogP contribution in [-0.4, -0.2) is 78.4 Å². The van der Waals surface area contributed by atoms with Crippen LogP contribution in [0.15, 0.2) is 36.4 Å². The topological polar surface area (TPSA) is 132 Å². The van der Waals surface area contributed by atoms with Gasteiger partial charge in [-0.2, -0.15) is 5.10 Å². The maximum atomic E-state index is 13.3. The molecule has 0 unspecified atom stereocenters. The summed E-state index contributed by atoms with van der Waals surface area (Å²) < 4.78 is 32.2. The van der Waals surface area contributed by atoms with Crippen molar-refractivity contribution in [2.75, 3.05) is 43.2 Å². The van der Waals surface area contributed by atoms with Gasteiger partial charge in [0.2, 0.25) is 0 Å². The first-order chi connectivity index (χ1) is 18.8. The first kappa shape index (κ1) is 27.3. The molecule has 11 heteroatoms. The SMILES string of the molecule is COCC1CCN(c2cc(C(=O)CS(=O)(=O)CCC(=O)O)nc3c2c(C2CCC2)nn3-c2ccccc2)CC1. The monoisotopic (exact) mass is 554 g/mol. The lowest BCUT2D eigenvalue weighted by atomic mass is 9.81. The van der Waals surface area contributed by atoms with Gasteiger partial charge in [0, 0.05) is 32.7 Å². The molecule has 39 heavy (non-hydrogen) atoms. The maximum absolute atomic E-state index is 13.3. The number of hydrogen-bond donors (Lipinski definition) is 1. The Morgan fingerprint density at radius 2 is 1.82 bits per heavy atom. The van der Waals surface area contributed by atoms with E-state index >= 15 is 0 Å². The smallest absolute Gasteiger partial charge is 0.304 e. The number of aromatic nitrogens is 3. The van der Waals surface area contributed by atoms with Crippen LogP contribution in [-0.2, 0) is 19.4 Å². The van der Waals surface area contributed by atoms with Crippen molar-refractivity contribution in [1.29, 1.82) is 0 Å². The van der Waals surface area contributed by atoms with E-state index in [1.54, 1.807) is 17.9 Å². The number of aliphatic carboxylic acids is 1. The van der Waals surface area contributed by atoms with E-state index in [1.807, 2.05) is 30.3 Å². The van der Waals surface area contributed by atoms with Crippen LogP contribution in [0.2, 0.25) is 0 Å². The number of Topliss-reactive ketones (excluding diaryl/α,β-unsaturated/α-hetero) is 1. The fourth-order valence-corrected chi connectivity index (χ4v) is 6.57. The van der Waals surface area contributed by atoms with Crippen LogP contribution in [0.4, 0.5) is 5.69 Å². The second-order valence-corrected chi connectivity index (χ2v) is 12.7. The van der Waals surface area contributed by atoms with Gasteiger partial charge in [0.1, 0.15) is 11.4 Å². The Labute approximate surface area is 227 Å². The summed E-state index contributed by atoms with van der Waals surface area (Å²) in [5.74, 6) is -2.49. The summed E-state index contributed by atoms with van der Waals surface area (Å²) in [5, 5.41) is 14.8. The molecule has 1 aliphatic heterocycles. The van der Waals surface area contributed by atoms with Gasteiger partial charge in [-0.15, -0.1) is 0 Å². The third-order valence-electron chi connectivity index (χ3n) is 7.76. The highest BCUT2D eigenvalue weighted by atomic mass is 32.2. The molecule has 1 aromatic carbocycles. The van der Waals surface area contributed by atoms with E-state index in [-0.39, 0.29) is 5.69 Å². The number of hydrogen-bond acceptors (Lipinski definition) is 8. The molecule has 0 bridgehead atoms. The first-order valence-electron chi connectivity index (χ1n) is 13.4. The summed E-state index contributed by atoms with van der Waals surface area (Å²) >= 11 is 0. The van der Waals surface area contributed by atoms with Gasteiger partial charge in [0.05, 0.1) is 34.6 Å². The molecule has 3 heterocycles. The van der Waals surface area contributed by atoms with Gasteiger partial charge in [-0.1, -0.05) is 24.6 Å². The van der Waals surface area contributed by atoms with E-state index in [2.05, 4.69) is 4.90 Å². The molecule has 10 nitrogen and oxygen atoms in total. The van der Waals surface area contributed by atoms with Crippen molar-refractivity contribution in [3.63, 3.8) is 0 Å². The number of carbonyl (C=O) groups is 2. The Balaban J connectivity index is 1.61. The molecular weight excluding hydrogens is 520 g/mol. The molecule has 0 radical (unpaired) electrons. The third-order valence-corrected chi connectivity index (χ3v) is 9.29. The van der Waals surface area contributed by atoms with Crippen molar-refractivity contribution < 1.29 is 27.9 Å². The predicted molar refractivity (Wildman–Crippen MR) is 148 cm³/mol. The zero-order valence-corrected chi connectivity index (χ0v) is 22.9. The van der Waals surface area contributed by atoms with Gasteiger partial charge < -0.3 is 14.7 Å². The Morgan fingerprint density at radius 3 is 2.44 bits per heavy atom. The number of methoxy groups -OCH3 is 1. The second kappa shape index (κ2) is 11.4. The molecule has 1 saturated heterocycles. The molecular formula is C28H34N4O6S. The molecule has 1 saturated carbocycles. The number of benzene rings is 1. The van der Waals surface area contributed by atoms with Crippen LogP contribution in [0.1, 0.15) is 60.6 Å². The van der Waals surface area contributed by atoms with Crippen LogP contribution >= 0.6 is 0 Å². The van der Waals surface area contributed by atoms with Gasteiger partial charge in [-0.3, -0.25) is 9.59 Å². The molecule has 2 fully saturated rings. The second-order valence-electron chi connectivity index (χ2n) is 10.5. The summed E-state index contributed by atoms with van der Waals surface area (Å²) in [6.07, 6.45) is 4.55. The van der Waals surface area contributed by atoms with E-state index in [9.17, 15) is 18.0 Å². The Bertz CT molecular complexity index is 1460. The summed E-state index contributed by atoms with van der Waals surface area (Å²) in [5.41, 5.74) is 3.21. The number of pyridine rings is 1. The minimum atomic E-state index is -3.91. The van der Waals surface area contributed by atoms with Gasteiger partial charge in [-0.05, 0) is 49.8 Å². The lowest BCUT2D eigenvalue weighted by Gasteiger charge is -2.34. The Hall–Kier alpha value is -3.31. The lowest BCUT2D eigenvalue weighted by molar-refractivity contribution is -0.136. The van der Waals surface area contributed by atoms with Crippen LogP contribution < -0.4 is 4.90 Å². The van der Waals surface area contributed by atoms with Crippen molar-refractivity contribution in [3.05, 3.63) is 47.8 Å². The molecule has 2 aromatic heterocycles. The van der Waals surface area contributed by atoms with Gasteiger partial charge in [0.25, 0.3) is 0 Å². The summed E-state index contributed by atoms with van der Waals surface area (Å²) in [6, 6.07) is 11.3. The number of fused-ring (bicyclic) bond motifs is 1. The van der Waals surface area contributed by atoms with E-state index in [1.165, 1.54) is 0 Å². The molecule has 5 rings (SSSR count). The number of sulfone groups is 1. The van der Waals surface area contributed by atoms with Crippen LogP contribution in [0.5, 0.6) is 0 Å². The molecule has 1 aliphatic carbocycles. The van der Waals surface area contributed by atoms with Crippen LogP contribution in [0, 0.1) is 5.92 Å². The van der Waals surface area contributed by atoms with Crippen molar-refractivity contribution in [2.24, 2.45) is 5.92 Å². The quantitative estimate of drug-likeness (QED) is 0.353. The first-order valence-corrected chi connectivity index (χ1v) is 15.3. The fourth-order valence-electron chi connectivity index (χ4n) is 5.40. The van der Waals surface area contributed by atoms with Crippen molar-refractivity contribution in [1.82, 2.24) is 14.8 Å². The average Bonchev–Trinajstić information content (AvgIpc) is 3.26. The number of anilines is 1. The normalized spacial score (nSPS) is 16.9. The van der Waals surface area contributed by atoms with Gasteiger partial charge in [-0.25, -0.2) is 18.1 Å². The van der Waals surface area contributed by atoms with Crippen molar-refractivity contribution >= 4 is 38.3 Å². The highest BCUT2D eigenvalue weighted by Crippen LogP contribution is 2.43. The highest BCUT2D eigenvalue weighted by Gasteiger charge is 2.32. The summed E-state index contributed by atoms with van der Waals surface area (Å²) in [4.78, 5) is 31.2. The third kappa shape index (κ3) is 5.99. The average molecular weight is 555 g/mol. The number of para-hydroxylation sites is 1. The number of ether oxygens (including phenoxy) is 1. The summed E-state index contributed by atoms with van der Waals surface area (Å²) in [7, 11) is -2.20. The predicted octanol–water partition coefficient (Wildman–Crippen LogP) is 3.62. The largest absolute Gasteiger partial charge is 0.481 e. The molecule has 0 amide bonds. The van der Waals surface area contributed by atoms with Crippen molar-refractivity contribution in [2.45, 2.75) is 44.4 Å². The standard InChI is InChI=1S/C28H34N4O6S/c1-38-17-19-10-13-31(14-11-19)23-16-22(24(33)18-39(36,37)15-12-25(34)35)29-28-26(23)27(20-6-5-7-20)30-32(28)21-8-3-2-4-9-21/h2-4,8-9,16,19-20H,5-7,10-15,17-18H2,1H3,(H,34,35). The number of rotatable bonds is 11. The lowest BCUT2D eigenvalue weighted by Crippen LogP contribution is -2.35. The molecule has 208 valence electrons. The number of nitrogens with zero attached hydrogens (tertiary/aromatic N) is 4. The minimum absolute atomic E-state index is 0.0488. The number of carboxylic acids is 1. The van der Waals surface area contributed by atoms with E-state index in [0.29, 0.717) is 24.1 Å². The van der Waals surface area contributed by atoms with E-state index in [4.69, 9.17) is 19.9 Å². The molecule has 0 spiro atoms. The fraction of sp³-hybridized carbons (Fsp3) is 0.500. The molecule has 3 aromatic rings. The Kier molecular flexibility index (Phi) is 7.99. The van der Waals surface area contributed by atoms with Gasteiger partial charge >= 0.3 is 5.97 Å². The van der Waals surface area contributed by atoms with E-state index in [0.717, 1.165) is 67.6 Å². The molecule has 2 aliphatic rings. The zero-order valence-electron chi connectivity index (χ0n) is 22.1. The number of carbonyl (C=O) groups excluding carboxylic acids is 1. The molecule has 0 atom stereocenters. The maximum Gasteiger partial charge on any atom is 0.304 e. The van der Waals surface area contributed by atoms with Gasteiger partial charge in [0.15, 0.2) is 21.3 Å². The zero-order chi connectivity index (χ0) is 27.6. The van der Waals surface area contributed by atoms with Crippen molar-refractivity contribution in [3.8, 4) is 5.69 Å². The van der Waals surface area contributed by atoms with Crippen LogP contribution in [0.3, 0.4) is 0 Å².